The Bertz CT molecular complexity index is 698. The predicted molar refractivity (Wildman–Crippen MR) is 84.7 cm³/mol. The van der Waals surface area contributed by atoms with Crippen LogP contribution in [0.2, 0.25) is 0 Å². The fraction of sp³-hybridized carbons (Fsp3) is 0.176. The molecular formula is C17H18N2O3. The van der Waals surface area contributed by atoms with Gasteiger partial charge < -0.3 is 15.7 Å². The van der Waals surface area contributed by atoms with Crippen LogP contribution in [-0.4, -0.2) is 16.9 Å². The molecule has 2 rings (SSSR count). The number of carbonyl (C=O) groups is 2. The fourth-order valence-electron chi connectivity index (χ4n) is 2.11. The lowest BCUT2D eigenvalue weighted by molar-refractivity contribution is -0.114. The van der Waals surface area contributed by atoms with E-state index in [2.05, 4.69) is 10.6 Å². The molecule has 0 spiro atoms. The lowest BCUT2D eigenvalue weighted by Crippen LogP contribution is -2.26. The van der Waals surface area contributed by atoms with E-state index >= 15 is 0 Å². The second kappa shape index (κ2) is 6.76. The number of amides is 2. The summed E-state index contributed by atoms with van der Waals surface area (Å²) >= 11 is 0. The SMILES string of the molecule is CC(=O)Nc1cccc([C@H](C)NC(=O)c2ccccc2O)c1. The number of nitrogens with one attached hydrogen (secondary N) is 2. The molecule has 0 saturated carbocycles. The van der Waals surface area contributed by atoms with Crippen molar-refractivity contribution in [1.29, 1.82) is 0 Å². The van der Waals surface area contributed by atoms with Crippen LogP contribution in [0, 0.1) is 0 Å². The molecule has 2 aromatic rings. The average Bonchev–Trinajstić information content (AvgIpc) is 2.47. The molecule has 3 N–H and O–H groups in total. The van der Waals surface area contributed by atoms with Crippen LogP contribution in [0.25, 0.3) is 0 Å². The zero-order valence-electron chi connectivity index (χ0n) is 12.5. The van der Waals surface area contributed by atoms with E-state index < -0.39 is 0 Å². The first-order valence-corrected chi connectivity index (χ1v) is 6.94. The van der Waals surface area contributed by atoms with Crippen molar-refractivity contribution >= 4 is 17.5 Å². The fourth-order valence-corrected chi connectivity index (χ4v) is 2.11. The van der Waals surface area contributed by atoms with Gasteiger partial charge in [0.2, 0.25) is 5.91 Å². The minimum absolute atomic E-state index is 0.0563. The van der Waals surface area contributed by atoms with Gasteiger partial charge in [-0.3, -0.25) is 9.59 Å². The largest absolute Gasteiger partial charge is 0.507 e. The summed E-state index contributed by atoms with van der Waals surface area (Å²) in [5.74, 6) is -0.558. The van der Waals surface area contributed by atoms with Crippen molar-refractivity contribution in [1.82, 2.24) is 5.32 Å². The molecule has 2 amide bonds. The maximum absolute atomic E-state index is 12.2. The van der Waals surface area contributed by atoms with Gasteiger partial charge in [0.05, 0.1) is 11.6 Å². The molecule has 0 saturated heterocycles. The van der Waals surface area contributed by atoms with Crippen molar-refractivity contribution < 1.29 is 14.7 Å². The highest BCUT2D eigenvalue weighted by Crippen LogP contribution is 2.20. The van der Waals surface area contributed by atoms with E-state index in [0.29, 0.717) is 5.69 Å². The molecule has 5 nitrogen and oxygen atoms in total. The number of carbonyl (C=O) groups excluding carboxylic acids is 2. The molecule has 22 heavy (non-hydrogen) atoms. The van der Waals surface area contributed by atoms with Gasteiger partial charge in [0, 0.05) is 12.6 Å². The van der Waals surface area contributed by atoms with Crippen LogP contribution in [0.1, 0.15) is 35.8 Å². The van der Waals surface area contributed by atoms with Gasteiger partial charge in [-0.15, -0.1) is 0 Å². The Hall–Kier alpha value is -2.82. The van der Waals surface area contributed by atoms with Gasteiger partial charge in [0.15, 0.2) is 0 Å². The Balaban J connectivity index is 2.12. The molecule has 0 heterocycles. The van der Waals surface area contributed by atoms with Crippen LogP contribution in [-0.2, 0) is 4.79 Å². The number of phenols is 1. The van der Waals surface area contributed by atoms with Crippen LogP contribution >= 0.6 is 0 Å². The summed E-state index contributed by atoms with van der Waals surface area (Å²) in [5.41, 5.74) is 1.76. The first-order valence-electron chi connectivity index (χ1n) is 6.94. The van der Waals surface area contributed by atoms with Crippen molar-refractivity contribution in [3.8, 4) is 5.75 Å². The molecule has 0 radical (unpaired) electrons. The Labute approximate surface area is 129 Å². The van der Waals surface area contributed by atoms with E-state index in [-0.39, 0.29) is 29.2 Å². The van der Waals surface area contributed by atoms with Crippen LogP contribution < -0.4 is 10.6 Å². The van der Waals surface area contributed by atoms with Gasteiger partial charge in [-0.05, 0) is 36.8 Å². The third-order valence-electron chi connectivity index (χ3n) is 3.20. The van der Waals surface area contributed by atoms with Crippen LogP contribution in [0.15, 0.2) is 48.5 Å². The smallest absolute Gasteiger partial charge is 0.255 e. The maximum Gasteiger partial charge on any atom is 0.255 e. The second-order valence-corrected chi connectivity index (χ2v) is 5.02. The molecule has 0 aliphatic heterocycles. The summed E-state index contributed by atoms with van der Waals surface area (Å²) in [5, 5.41) is 15.2. The average molecular weight is 298 g/mol. The lowest BCUT2D eigenvalue weighted by atomic mass is 10.1. The highest BCUT2D eigenvalue weighted by atomic mass is 16.3. The number of para-hydroxylation sites is 1. The zero-order chi connectivity index (χ0) is 16.1. The Morgan fingerprint density at radius 2 is 1.82 bits per heavy atom. The summed E-state index contributed by atoms with van der Waals surface area (Å²) in [6.45, 7) is 3.28. The number of benzene rings is 2. The molecular weight excluding hydrogens is 280 g/mol. The molecule has 0 unspecified atom stereocenters. The third-order valence-corrected chi connectivity index (χ3v) is 3.20. The van der Waals surface area contributed by atoms with Crippen molar-refractivity contribution in [3.05, 3.63) is 59.7 Å². The van der Waals surface area contributed by atoms with Gasteiger partial charge >= 0.3 is 0 Å². The summed E-state index contributed by atoms with van der Waals surface area (Å²) in [4.78, 5) is 23.3. The van der Waals surface area contributed by atoms with Crippen LogP contribution in [0.5, 0.6) is 5.75 Å². The maximum atomic E-state index is 12.2. The number of hydrogen-bond donors (Lipinski definition) is 3. The number of aromatic hydroxyl groups is 1. The van der Waals surface area contributed by atoms with Crippen molar-refractivity contribution in [2.45, 2.75) is 19.9 Å². The van der Waals surface area contributed by atoms with Gasteiger partial charge in [-0.25, -0.2) is 0 Å². The van der Waals surface area contributed by atoms with E-state index in [1.807, 2.05) is 19.1 Å². The van der Waals surface area contributed by atoms with E-state index in [1.54, 1.807) is 30.3 Å². The lowest BCUT2D eigenvalue weighted by Gasteiger charge is -2.16. The molecule has 114 valence electrons. The number of phenolic OH excluding ortho intramolecular Hbond substituents is 1. The van der Waals surface area contributed by atoms with Gasteiger partial charge in [0.25, 0.3) is 5.91 Å². The van der Waals surface area contributed by atoms with Crippen LogP contribution in [0.4, 0.5) is 5.69 Å². The summed E-state index contributed by atoms with van der Waals surface area (Å²) in [6.07, 6.45) is 0. The molecule has 0 bridgehead atoms. The zero-order valence-corrected chi connectivity index (χ0v) is 12.5. The molecule has 0 aliphatic carbocycles. The molecule has 1 atom stereocenters. The molecule has 0 fully saturated rings. The van der Waals surface area contributed by atoms with Gasteiger partial charge in [-0.1, -0.05) is 24.3 Å². The first-order chi connectivity index (χ1) is 10.5. The summed E-state index contributed by atoms with van der Waals surface area (Å²) < 4.78 is 0. The number of hydrogen-bond acceptors (Lipinski definition) is 3. The molecule has 0 aromatic heterocycles. The van der Waals surface area contributed by atoms with E-state index in [1.165, 1.54) is 13.0 Å². The standard InChI is InChI=1S/C17H18N2O3/c1-11(13-6-5-7-14(10-13)19-12(2)20)18-17(22)15-8-3-4-9-16(15)21/h3-11,21H,1-2H3,(H,18,22)(H,19,20)/t11-/m0/s1. The Morgan fingerprint density at radius 1 is 1.09 bits per heavy atom. The normalized spacial score (nSPS) is 11.5. The predicted octanol–water partition coefficient (Wildman–Crippen LogP) is 2.84. The van der Waals surface area contributed by atoms with E-state index in [4.69, 9.17) is 0 Å². The van der Waals surface area contributed by atoms with E-state index in [9.17, 15) is 14.7 Å². The quantitative estimate of drug-likeness (QED) is 0.812. The van der Waals surface area contributed by atoms with Crippen molar-refractivity contribution in [2.24, 2.45) is 0 Å². The summed E-state index contributed by atoms with van der Waals surface area (Å²) in [7, 11) is 0. The minimum Gasteiger partial charge on any atom is -0.507 e. The molecule has 0 aliphatic rings. The first kappa shape index (κ1) is 15.6. The summed E-state index contributed by atoms with van der Waals surface area (Å²) in [6, 6.07) is 13.4. The second-order valence-electron chi connectivity index (χ2n) is 5.02. The Morgan fingerprint density at radius 3 is 2.50 bits per heavy atom. The van der Waals surface area contributed by atoms with E-state index in [0.717, 1.165) is 5.56 Å². The van der Waals surface area contributed by atoms with Crippen LogP contribution in [0.3, 0.4) is 0 Å². The van der Waals surface area contributed by atoms with Gasteiger partial charge in [0.1, 0.15) is 5.75 Å². The number of rotatable bonds is 4. The molecule has 5 heteroatoms. The Kier molecular flexibility index (Phi) is 4.78. The third kappa shape index (κ3) is 3.85. The minimum atomic E-state index is -0.351. The van der Waals surface area contributed by atoms with Crippen molar-refractivity contribution in [3.63, 3.8) is 0 Å². The monoisotopic (exact) mass is 298 g/mol. The van der Waals surface area contributed by atoms with Crippen molar-refractivity contribution in [2.75, 3.05) is 5.32 Å². The number of anilines is 1. The highest BCUT2D eigenvalue weighted by Gasteiger charge is 2.14. The van der Waals surface area contributed by atoms with Gasteiger partial charge in [-0.2, -0.15) is 0 Å². The highest BCUT2D eigenvalue weighted by molar-refractivity contribution is 5.97. The molecule has 2 aromatic carbocycles. The topological polar surface area (TPSA) is 78.4 Å².